The second kappa shape index (κ2) is 4.96. The van der Waals surface area contributed by atoms with Crippen molar-refractivity contribution in [1.82, 2.24) is 0 Å². The van der Waals surface area contributed by atoms with Gasteiger partial charge in [-0.3, -0.25) is 0 Å². The van der Waals surface area contributed by atoms with Gasteiger partial charge in [-0.05, 0) is 16.5 Å². The monoisotopic (exact) mass is 226 g/mol. The fourth-order valence-electron chi connectivity index (χ4n) is 0.939. The van der Waals surface area contributed by atoms with Crippen molar-refractivity contribution in [2.45, 2.75) is 25.9 Å². The molecule has 0 saturated carbocycles. The highest BCUT2D eigenvalue weighted by Gasteiger charge is 2.18. The quantitative estimate of drug-likeness (QED) is 0.616. The van der Waals surface area contributed by atoms with E-state index in [0.717, 1.165) is 0 Å². The normalized spacial score (nSPS) is 14.6. The highest BCUT2D eigenvalue weighted by atomic mass is 35.7. The smallest absolute Gasteiger partial charge is 0.0193 e. The Kier molecular flexibility index (Phi) is 4.16. The standard InChI is InChI=1S/C12H16ClP/c1-12(2,3)14(13)10-9-11-7-5-4-6-8-11/h4-10H,1-3H3/b10-9+. The summed E-state index contributed by atoms with van der Waals surface area (Å²) in [4.78, 5) is 0. The van der Waals surface area contributed by atoms with E-state index in [9.17, 15) is 0 Å². The third-order valence-corrected chi connectivity index (χ3v) is 5.39. The van der Waals surface area contributed by atoms with Crippen LogP contribution >= 0.6 is 18.5 Å². The van der Waals surface area contributed by atoms with Gasteiger partial charge in [0.15, 0.2) is 0 Å². The topological polar surface area (TPSA) is 0 Å². The number of rotatable bonds is 2. The van der Waals surface area contributed by atoms with Crippen molar-refractivity contribution in [3.8, 4) is 0 Å². The average Bonchev–Trinajstić information content (AvgIpc) is 2.14. The first kappa shape index (κ1) is 11.8. The van der Waals surface area contributed by atoms with E-state index in [1.807, 2.05) is 18.2 Å². The van der Waals surface area contributed by atoms with Crippen LogP contribution in [0.1, 0.15) is 26.3 Å². The molecule has 0 bridgehead atoms. The summed E-state index contributed by atoms with van der Waals surface area (Å²) in [6.45, 7) is 6.50. The largest absolute Gasteiger partial charge is 0.0912 e. The molecule has 14 heavy (non-hydrogen) atoms. The Morgan fingerprint density at radius 1 is 1.14 bits per heavy atom. The van der Waals surface area contributed by atoms with E-state index in [-0.39, 0.29) is 5.16 Å². The highest BCUT2D eigenvalue weighted by molar-refractivity contribution is 7.87. The molecule has 0 aliphatic rings. The Balaban J connectivity index is 2.66. The zero-order valence-corrected chi connectivity index (χ0v) is 10.5. The van der Waals surface area contributed by atoms with Crippen molar-refractivity contribution in [1.29, 1.82) is 0 Å². The molecular weight excluding hydrogens is 211 g/mol. The van der Waals surface area contributed by atoms with Crippen LogP contribution in [0, 0.1) is 0 Å². The van der Waals surface area contributed by atoms with Gasteiger partial charge in [0.1, 0.15) is 0 Å². The summed E-state index contributed by atoms with van der Waals surface area (Å²) in [5, 5.41) is 0.183. The Morgan fingerprint density at radius 2 is 1.71 bits per heavy atom. The van der Waals surface area contributed by atoms with Crippen LogP contribution in [0.4, 0.5) is 0 Å². The van der Waals surface area contributed by atoms with Gasteiger partial charge in [-0.1, -0.05) is 68.4 Å². The fourth-order valence-corrected chi connectivity index (χ4v) is 1.86. The van der Waals surface area contributed by atoms with E-state index in [2.05, 4.69) is 44.8 Å². The average molecular weight is 227 g/mol. The van der Waals surface area contributed by atoms with E-state index < -0.39 is 7.27 Å². The molecule has 0 aliphatic carbocycles. The molecular formula is C12H16ClP. The van der Waals surface area contributed by atoms with E-state index >= 15 is 0 Å². The van der Waals surface area contributed by atoms with Crippen LogP contribution in [-0.2, 0) is 0 Å². The predicted molar refractivity (Wildman–Crippen MR) is 68.0 cm³/mol. The summed E-state index contributed by atoms with van der Waals surface area (Å²) in [6, 6.07) is 10.3. The summed E-state index contributed by atoms with van der Waals surface area (Å²) < 4.78 is 0. The van der Waals surface area contributed by atoms with Crippen LogP contribution in [0.3, 0.4) is 0 Å². The molecule has 0 fully saturated rings. The maximum Gasteiger partial charge on any atom is 0.0193 e. The molecule has 0 aromatic heterocycles. The Morgan fingerprint density at radius 3 is 2.21 bits per heavy atom. The molecule has 1 aromatic carbocycles. The fraction of sp³-hybridized carbons (Fsp3) is 0.333. The molecule has 0 nitrogen and oxygen atoms in total. The molecule has 0 heterocycles. The van der Waals surface area contributed by atoms with Crippen LogP contribution in [0.2, 0.25) is 0 Å². The third-order valence-electron chi connectivity index (χ3n) is 1.84. The van der Waals surface area contributed by atoms with Gasteiger partial charge in [0.25, 0.3) is 0 Å². The first-order valence-electron chi connectivity index (χ1n) is 4.68. The number of halogens is 1. The highest BCUT2D eigenvalue weighted by Crippen LogP contribution is 2.55. The van der Waals surface area contributed by atoms with Crippen LogP contribution in [-0.4, -0.2) is 5.16 Å². The molecule has 0 aliphatic heterocycles. The van der Waals surface area contributed by atoms with Crippen molar-refractivity contribution in [2.75, 3.05) is 0 Å². The van der Waals surface area contributed by atoms with Gasteiger partial charge in [0.2, 0.25) is 0 Å². The Labute approximate surface area is 92.5 Å². The number of hydrogen-bond acceptors (Lipinski definition) is 0. The zero-order valence-electron chi connectivity index (χ0n) is 8.87. The lowest BCUT2D eigenvalue weighted by atomic mass is 10.2. The van der Waals surface area contributed by atoms with Crippen molar-refractivity contribution < 1.29 is 0 Å². The number of benzene rings is 1. The van der Waals surface area contributed by atoms with Gasteiger partial charge in [-0.25, -0.2) is 0 Å². The summed E-state index contributed by atoms with van der Waals surface area (Å²) in [5.41, 5.74) is 1.21. The van der Waals surface area contributed by atoms with Crippen molar-refractivity contribution in [3.63, 3.8) is 0 Å². The summed E-state index contributed by atoms with van der Waals surface area (Å²) in [6.07, 6.45) is 2.10. The van der Waals surface area contributed by atoms with Crippen molar-refractivity contribution in [2.24, 2.45) is 0 Å². The van der Waals surface area contributed by atoms with Gasteiger partial charge in [0, 0.05) is 7.27 Å². The van der Waals surface area contributed by atoms with Gasteiger partial charge in [-0.2, -0.15) is 0 Å². The summed E-state index contributed by atoms with van der Waals surface area (Å²) >= 11 is 6.28. The van der Waals surface area contributed by atoms with Gasteiger partial charge in [0.05, 0.1) is 0 Å². The molecule has 0 amide bonds. The van der Waals surface area contributed by atoms with Crippen molar-refractivity contribution >= 4 is 24.6 Å². The van der Waals surface area contributed by atoms with Crippen LogP contribution < -0.4 is 0 Å². The minimum Gasteiger partial charge on any atom is -0.0912 e. The number of hydrogen-bond donors (Lipinski definition) is 0. The van der Waals surface area contributed by atoms with Crippen LogP contribution in [0.25, 0.3) is 6.08 Å². The summed E-state index contributed by atoms with van der Waals surface area (Å²) in [5.74, 6) is 2.12. The molecule has 1 aromatic rings. The van der Waals surface area contributed by atoms with Crippen LogP contribution in [0.15, 0.2) is 36.1 Å². The van der Waals surface area contributed by atoms with E-state index in [1.54, 1.807) is 0 Å². The minimum atomic E-state index is -0.554. The molecule has 1 rings (SSSR count). The maximum atomic E-state index is 6.28. The van der Waals surface area contributed by atoms with Crippen molar-refractivity contribution in [3.05, 3.63) is 41.7 Å². The first-order valence-corrected chi connectivity index (χ1v) is 7.00. The lowest BCUT2D eigenvalue weighted by Crippen LogP contribution is -2.06. The summed E-state index contributed by atoms with van der Waals surface area (Å²) in [7, 11) is -0.554. The SMILES string of the molecule is CC(C)(C)P(Cl)/C=C/c1ccccc1. The molecule has 1 atom stereocenters. The van der Waals surface area contributed by atoms with E-state index in [4.69, 9.17) is 11.2 Å². The third kappa shape index (κ3) is 3.82. The minimum absolute atomic E-state index is 0.183. The van der Waals surface area contributed by atoms with E-state index in [1.165, 1.54) is 5.56 Å². The second-order valence-electron chi connectivity index (χ2n) is 4.21. The molecule has 2 heteroatoms. The molecule has 0 radical (unpaired) electrons. The molecule has 0 N–H and O–H groups in total. The lowest BCUT2D eigenvalue weighted by molar-refractivity contribution is 0.796. The first-order chi connectivity index (χ1) is 6.50. The van der Waals surface area contributed by atoms with E-state index in [0.29, 0.717) is 0 Å². The Hall–Kier alpha value is -0.320. The molecule has 76 valence electrons. The van der Waals surface area contributed by atoms with Gasteiger partial charge in [-0.15, -0.1) is 0 Å². The maximum absolute atomic E-state index is 6.28. The van der Waals surface area contributed by atoms with Crippen LogP contribution in [0.5, 0.6) is 0 Å². The van der Waals surface area contributed by atoms with Gasteiger partial charge >= 0.3 is 0 Å². The predicted octanol–water partition coefficient (Wildman–Crippen LogP) is 5.09. The second-order valence-corrected chi connectivity index (χ2v) is 7.56. The molecule has 1 unspecified atom stereocenters. The molecule has 0 saturated heterocycles. The zero-order chi connectivity index (χ0) is 10.6. The Bertz CT molecular complexity index is 298. The molecule has 0 spiro atoms. The van der Waals surface area contributed by atoms with Gasteiger partial charge < -0.3 is 0 Å². The lowest BCUT2D eigenvalue weighted by Gasteiger charge is -2.21.